The Morgan fingerprint density at radius 2 is 1.89 bits per heavy atom. The Morgan fingerprint density at radius 1 is 1.11 bits per heavy atom. The number of hydrogen-bond donors (Lipinski definition) is 1. The minimum absolute atomic E-state index is 0.915. The van der Waals surface area contributed by atoms with Gasteiger partial charge in [0.25, 0.3) is 0 Å². The molecule has 0 bridgehead atoms. The Balaban J connectivity index is 2.48. The highest BCUT2D eigenvalue weighted by atomic mass is 14.9. The lowest BCUT2D eigenvalue weighted by Gasteiger charge is -2.39. The quantitative estimate of drug-likeness (QED) is 0.609. The maximum atomic E-state index is 3.66. The molecule has 18 heavy (non-hydrogen) atoms. The first-order valence-corrected chi connectivity index (χ1v) is 8.43. The average Bonchev–Trinajstić information content (AvgIpc) is 2.40. The second-order valence-corrected chi connectivity index (χ2v) is 6.48. The van der Waals surface area contributed by atoms with E-state index in [4.69, 9.17) is 0 Å². The third-order valence-electron chi connectivity index (χ3n) is 5.06. The lowest BCUT2D eigenvalue weighted by molar-refractivity contribution is 0.118. The molecule has 1 rings (SSSR count). The summed E-state index contributed by atoms with van der Waals surface area (Å²) in [5.41, 5.74) is 0. The Morgan fingerprint density at radius 3 is 2.50 bits per heavy atom. The van der Waals surface area contributed by atoms with Crippen molar-refractivity contribution in [2.45, 2.75) is 72.6 Å². The molecule has 4 atom stereocenters. The van der Waals surface area contributed by atoms with E-state index >= 15 is 0 Å². The van der Waals surface area contributed by atoms with E-state index in [1.54, 1.807) is 0 Å². The zero-order valence-corrected chi connectivity index (χ0v) is 13.2. The fourth-order valence-corrected chi connectivity index (χ4v) is 3.75. The predicted molar refractivity (Wildman–Crippen MR) is 81.8 cm³/mol. The second kappa shape index (κ2) is 8.96. The molecule has 1 nitrogen and oxygen atoms in total. The van der Waals surface area contributed by atoms with Gasteiger partial charge in [-0.1, -0.05) is 53.4 Å². The molecule has 0 radical (unpaired) electrons. The Hall–Kier alpha value is -0.0400. The number of nitrogens with one attached hydrogen (secondary N) is 1. The van der Waals surface area contributed by atoms with Gasteiger partial charge in [-0.15, -0.1) is 0 Å². The van der Waals surface area contributed by atoms with E-state index in [-0.39, 0.29) is 0 Å². The van der Waals surface area contributed by atoms with Crippen LogP contribution in [0.4, 0.5) is 0 Å². The molecule has 1 aliphatic rings. The van der Waals surface area contributed by atoms with Gasteiger partial charge in [0, 0.05) is 0 Å². The number of hydrogen-bond acceptors (Lipinski definition) is 1. The Labute approximate surface area is 115 Å². The van der Waals surface area contributed by atoms with E-state index in [1.807, 2.05) is 0 Å². The minimum Gasteiger partial charge on any atom is -0.316 e. The zero-order chi connectivity index (χ0) is 13.4. The molecule has 0 heterocycles. The minimum atomic E-state index is 0.915. The standard InChI is InChI=1S/C17H35N/c1-5-8-15-9-10-16(13-18-11-6-2)17(12-15)14(4)7-3/h14-18H,5-13H2,1-4H3. The van der Waals surface area contributed by atoms with Crippen molar-refractivity contribution in [2.75, 3.05) is 13.1 Å². The fourth-order valence-electron chi connectivity index (χ4n) is 3.75. The normalized spacial score (nSPS) is 30.3. The Kier molecular flexibility index (Phi) is 7.97. The third-order valence-corrected chi connectivity index (χ3v) is 5.06. The van der Waals surface area contributed by atoms with Gasteiger partial charge in [0.05, 0.1) is 0 Å². The van der Waals surface area contributed by atoms with Crippen molar-refractivity contribution < 1.29 is 0 Å². The van der Waals surface area contributed by atoms with Crippen molar-refractivity contribution in [3.63, 3.8) is 0 Å². The van der Waals surface area contributed by atoms with Crippen LogP contribution in [0.25, 0.3) is 0 Å². The first-order chi connectivity index (χ1) is 8.72. The van der Waals surface area contributed by atoms with Crippen LogP contribution < -0.4 is 5.32 Å². The van der Waals surface area contributed by atoms with Crippen molar-refractivity contribution in [1.29, 1.82) is 0 Å². The molecule has 4 unspecified atom stereocenters. The van der Waals surface area contributed by atoms with E-state index in [0.29, 0.717) is 0 Å². The summed E-state index contributed by atoms with van der Waals surface area (Å²) in [5, 5.41) is 3.66. The van der Waals surface area contributed by atoms with E-state index < -0.39 is 0 Å². The average molecular weight is 253 g/mol. The summed E-state index contributed by atoms with van der Waals surface area (Å²) < 4.78 is 0. The molecule has 1 N–H and O–H groups in total. The second-order valence-electron chi connectivity index (χ2n) is 6.48. The van der Waals surface area contributed by atoms with Crippen LogP contribution in [0, 0.1) is 23.7 Å². The monoisotopic (exact) mass is 253 g/mol. The molecular weight excluding hydrogens is 218 g/mol. The van der Waals surface area contributed by atoms with Gasteiger partial charge in [0.15, 0.2) is 0 Å². The van der Waals surface area contributed by atoms with Crippen molar-refractivity contribution in [3.8, 4) is 0 Å². The van der Waals surface area contributed by atoms with Crippen LogP contribution >= 0.6 is 0 Å². The molecule has 0 aromatic heterocycles. The summed E-state index contributed by atoms with van der Waals surface area (Å²) in [6, 6.07) is 0. The van der Waals surface area contributed by atoms with E-state index in [0.717, 1.165) is 23.7 Å². The summed E-state index contributed by atoms with van der Waals surface area (Å²) in [7, 11) is 0. The molecule has 108 valence electrons. The predicted octanol–water partition coefficient (Wildman–Crippen LogP) is 4.86. The van der Waals surface area contributed by atoms with E-state index in [9.17, 15) is 0 Å². The molecule has 1 saturated carbocycles. The maximum Gasteiger partial charge on any atom is -0.00178 e. The highest BCUT2D eigenvalue weighted by Crippen LogP contribution is 2.40. The molecule has 1 aliphatic carbocycles. The van der Waals surface area contributed by atoms with Gasteiger partial charge >= 0.3 is 0 Å². The van der Waals surface area contributed by atoms with Crippen LogP contribution in [-0.2, 0) is 0 Å². The van der Waals surface area contributed by atoms with Crippen LogP contribution in [0.1, 0.15) is 72.6 Å². The summed E-state index contributed by atoms with van der Waals surface area (Å²) in [4.78, 5) is 0. The summed E-state index contributed by atoms with van der Waals surface area (Å²) in [5.74, 6) is 3.86. The lowest BCUT2D eigenvalue weighted by Crippen LogP contribution is -2.36. The van der Waals surface area contributed by atoms with Gasteiger partial charge < -0.3 is 5.32 Å². The molecule has 0 saturated heterocycles. The summed E-state index contributed by atoms with van der Waals surface area (Å²) >= 11 is 0. The van der Waals surface area contributed by atoms with Crippen molar-refractivity contribution in [2.24, 2.45) is 23.7 Å². The maximum absolute atomic E-state index is 3.66. The van der Waals surface area contributed by atoms with Crippen molar-refractivity contribution in [1.82, 2.24) is 5.32 Å². The molecule has 0 aromatic rings. The first-order valence-electron chi connectivity index (χ1n) is 8.43. The molecular formula is C17H35N. The SMILES string of the molecule is CCCNCC1CCC(CCC)CC1C(C)CC. The summed E-state index contributed by atoms with van der Waals surface area (Å²) in [6.45, 7) is 11.9. The molecule has 0 aromatic carbocycles. The Bertz CT molecular complexity index is 202. The number of rotatable bonds is 8. The van der Waals surface area contributed by atoms with E-state index in [2.05, 4.69) is 33.0 Å². The first kappa shape index (κ1) is 16.0. The summed E-state index contributed by atoms with van der Waals surface area (Å²) in [6.07, 6.45) is 9.91. The molecule has 1 heteroatoms. The van der Waals surface area contributed by atoms with Gasteiger partial charge in [0.2, 0.25) is 0 Å². The van der Waals surface area contributed by atoms with Gasteiger partial charge in [-0.3, -0.25) is 0 Å². The van der Waals surface area contributed by atoms with Crippen LogP contribution in [0.15, 0.2) is 0 Å². The fraction of sp³-hybridized carbons (Fsp3) is 1.00. The van der Waals surface area contributed by atoms with Crippen LogP contribution in [-0.4, -0.2) is 13.1 Å². The lowest BCUT2D eigenvalue weighted by atomic mass is 9.67. The largest absolute Gasteiger partial charge is 0.316 e. The van der Waals surface area contributed by atoms with Gasteiger partial charge in [0.1, 0.15) is 0 Å². The molecule has 1 fully saturated rings. The van der Waals surface area contributed by atoms with Crippen LogP contribution in [0.5, 0.6) is 0 Å². The van der Waals surface area contributed by atoms with Crippen molar-refractivity contribution in [3.05, 3.63) is 0 Å². The topological polar surface area (TPSA) is 12.0 Å². The van der Waals surface area contributed by atoms with Crippen molar-refractivity contribution >= 4 is 0 Å². The zero-order valence-electron chi connectivity index (χ0n) is 13.2. The van der Waals surface area contributed by atoms with Crippen LogP contribution in [0.2, 0.25) is 0 Å². The van der Waals surface area contributed by atoms with Crippen LogP contribution in [0.3, 0.4) is 0 Å². The van der Waals surface area contributed by atoms with Gasteiger partial charge in [-0.2, -0.15) is 0 Å². The third kappa shape index (κ3) is 4.91. The smallest absolute Gasteiger partial charge is 0.00178 e. The highest BCUT2D eigenvalue weighted by Gasteiger charge is 2.32. The molecule has 0 spiro atoms. The van der Waals surface area contributed by atoms with Gasteiger partial charge in [-0.25, -0.2) is 0 Å². The highest BCUT2D eigenvalue weighted by molar-refractivity contribution is 4.84. The van der Waals surface area contributed by atoms with Gasteiger partial charge in [-0.05, 0) is 56.0 Å². The molecule has 0 aliphatic heterocycles. The molecule has 0 amide bonds. The van der Waals surface area contributed by atoms with E-state index in [1.165, 1.54) is 58.0 Å².